The van der Waals surface area contributed by atoms with Crippen LogP contribution >= 0.6 is 35.7 Å². The first kappa shape index (κ1) is 8.36. The lowest BCUT2D eigenvalue weighted by Gasteiger charge is -1.96. The van der Waals surface area contributed by atoms with Gasteiger partial charge in [-0.1, -0.05) is 36.9 Å². The van der Waals surface area contributed by atoms with Gasteiger partial charge in [-0.2, -0.15) is 0 Å². The maximum absolute atomic E-state index is 4.06. The van der Waals surface area contributed by atoms with Gasteiger partial charge in [-0.05, 0) is 0 Å². The molecule has 0 aliphatic heterocycles. The third-order valence-corrected chi connectivity index (χ3v) is 2.91. The summed E-state index contributed by atoms with van der Waals surface area (Å²) in [4.78, 5) is 0. The SMILES string of the molecule is CC(C)Sc1nnc(S)s1. The summed E-state index contributed by atoms with van der Waals surface area (Å²) in [7, 11) is 0. The van der Waals surface area contributed by atoms with Crippen LogP contribution in [-0.2, 0) is 0 Å². The van der Waals surface area contributed by atoms with Crippen molar-refractivity contribution in [3.05, 3.63) is 0 Å². The third kappa shape index (κ3) is 2.48. The minimum atomic E-state index is 0.570. The molecule has 0 aliphatic carbocycles. The second-order valence-electron chi connectivity index (χ2n) is 2.02. The fraction of sp³-hybridized carbons (Fsp3) is 0.600. The van der Waals surface area contributed by atoms with E-state index in [1.165, 1.54) is 11.3 Å². The van der Waals surface area contributed by atoms with Crippen molar-refractivity contribution in [3.8, 4) is 0 Å². The summed E-state index contributed by atoms with van der Waals surface area (Å²) >= 11 is 7.30. The highest BCUT2D eigenvalue weighted by Crippen LogP contribution is 2.27. The maximum atomic E-state index is 4.06. The molecule has 0 fully saturated rings. The molecule has 1 aromatic heterocycles. The van der Waals surface area contributed by atoms with E-state index in [2.05, 4.69) is 36.7 Å². The summed E-state index contributed by atoms with van der Waals surface area (Å²) in [5, 5.41) is 8.26. The van der Waals surface area contributed by atoms with Crippen LogP contribution in [0.2, 0.25) is 0 Å². The van der Waals surface area contributed by atoms with E-state index >= 15 is 0 Å². The molecule has 1 heterocycles. The van der Waals surface area contributed by atoms with Gasteiger partial charge in [0.2, 0.25) is 0 Å². The summed E-state index contributed by atoms with van der Waals surface area (Å²) in [5.41, 5.74) is 0. The van der Waals surface area contributed by atoms with Gasteiger partial charge < -0.3 is 0 Å². The summed E-state index contributed by atoms with van der Waals surface area (Å²) < 4.78 is 1.74. The molecule has 0 aliphatic rings. The molecule has 0 unspecified atom stereocenters. The van der Waals surface area contributed by atoms with Gasteiger partial charge in [0.05, 0.1) is 0 Å². The molecule has 0 saturated heterocycles. The number of thioether (sulfide) groups is 1. The van der Waals surface area contributed by atoms with E-state index in [-0.39, 0.29) is 0 Å². The Kier molecular flexibility index (Phi) is 3.00. The van der Waals surface area contributed by atoms with E-state index in [1.54, 1.807) is 11.8 Å². The van der Waals surface area contributed by atoms with E-state index in [9.17, 15) is 0 Å². The zero-order valence-electron chi connectivity index (χ0n) is 5.74. The van der Waals surface area contributed by atoms with E-state index < -0.39 is 0 Å². The largest absolute Gasteiger partial charge is 0.175 e. The zero-order chi connectivity index (χ0) is 7.56. The van der Waals surface area contributed by atoms with Crippen LogP contribution in [0.1, 0.15) is 13.8 Å². The van der Waals surface area contributed by atoms with Gasteiger partial charge in [0, 0.05) is 5.25 Å². The summed E-state index contributed by atoms with van der Waals surface area (Å²) in [6.45, 7) is 4.26. The van der Waals surface area contributed by atoms with Crippen molar-refractivity contribution in [1.29, 1.82) is 0 Å². The average molecular weight is 192 g/mol. The molecule has 5 heteroatoms. The quantitative estimate of drug-likeness (QED) is 0.575. The molecule has 0 atom stereocenters. The fourth-order valence-electron chi connectivity index (χ4n) is 0.452. The molecule has 0 aromatic carbocycles. The number of thiol groups is 1. The van der Waals surface area contributed by atoms with E-state index in [1.807, 2.05) is 0 Å². The van der Waals surface area contributed by atoms with Crippen molar-refractivity contribution >= 4 is 35.7 Å². The van der Waals surface area contributed by atoms with Gasteiger partial charge in [0.25, 0.3) is 0 Å². The summed E-state index contributed by atoms with van der Waals surface area (Å²) in [6, 6.07) is 0. The molecule has 0 N–H and O–H groups in total. The van der Waals surface area contributed by atoms with Crippen LogP contribution in [-0.4, -0.2) is 15.4 Å². The predicted octanol–water partition coefficient (Wildman–Crippen LogP) is 2.33. The maximum Gasteiger partial charge on any atom is 0.175 e. The van der Waals surface area contributed by atoms with Crippen molar-refractivity contribution < 1.29 is 0 Å². The second-order valence-corrected chi connectivity index (χ2v) is 5.54. The molecule has 0 radical (unpaired) electrons. The Balaban J connectivity index is 2.58. The van der Waals surface area contributed by atoms with Crippen molar-refractivity contribution in [1.82, 2.24) is 10.2 Å². The molecule has 2 nitrogen and oxygen atoms in total. The predicted molar refractivity (Wildman–Crippen MR) is 48.2 cm³/mol. The zero-order valence-corrected chi connectivity index (χ0v) is 8.26. The first-order valence-corrected chi connectivity index (χ1v) is 5.02. The molecular formula is C5H8N2S3. The van der Waals surface area contributed by atoms with Crippen LogP contribution in [0, 0.1) is 0 Å². The molecule has 1 rings (SSSR count). The van der Waals surface area contributed by atoms with Crippen molar-refractivity contribution in [2.45, 2.75) is 27.8 Å². The highest BCUT2D eigenvalue weighted by molar-refractivity contribution is 8.01. The minimum Gasteiger partial charge on any atom is -0.131 e. The highest BCUT2D eigenvalue weighted by atomic mass is 32.2. The van der Waals surface area contributed by atoms with Crippen LogP contribution in [0.4, 0.5) is 0 Å². The number of rotatable bonds is 2. The lowest BCUT2D eigenvalue weighted by molar-refractivity contribution is 0.952. The fourth-order valence-corrected chi connectivity index (χ4v) is 2.76. The smallest absolute Gasteiger partial charge is 0.131 e. The lowest BCUT2D eigenvalue weighted by Crippen LogP contribution is -1.84. The Morgan fingerprint density at radius 2 is 2.20 bits per heavy atom. The normalized spacial score (nSPS) is 10.8. The lowest BCUT2D eigenvalue weighted by atomic mass is 10.6. The minimum absolute atomic E-state index is 0.570. The summed E-state index contributed by atoms with van der Waals surface area (Å²) in [5.74, 6) is 0. The summed E-state index contributed by atoms with van der Waals surface area (Å²) in [6.07, 6.45) is 0. The van der Waals surface area contributed by atoms with Crippen LogP contribution < -0.4 is 0 Å². The highest BCUT2D eigenvalue weighted by Gasteiger charge is 2.02. The van der Waals surface area contributed by atoms with Crippen molar-refractivity contribution in [2.24, 2.45) is 0 Å². The average Bonchev–Trinajstić information content (AvgIpc) is 2.13. The van der Waals surface area contributed by atoms with E-state index in [4.69, 9.17) is 0 Å². The molecule has 0 amide bonds. The standard InChI is InChI=1S/C5H8N2S3/c1-3(2)9-5-7-6-4(8)10-5/h3H,1-2H3,(H,6,8). The first-order chi connectivity index (χ1) is 4.68. The Bertz CT molecular complexity index is 208. The monoisotopic (exact) mass is 192 g/mol. The third-order valence-electron chi connectivity index (χ3n) is 0.732. The number of nitrogens with zero attached hydrogens (tertiary/aromatic N) is 2. The van der Waals surface area contributed by atoms with E-state index in [0.29, 0.717) is 5.25 Å². The van der Waals surface area contributed by atoms with Crippen molar-refractivity contribution in [2.75, 3.05) is 0 Å². The number of hydrogen-bond acceptors (Lipinski definition) is 5. The molecule has 56 valence electrons. The van der Waals surface area contributed by atoms with Crippen LogP contribution in [0.15, 0.2) is 8.68 Å². The topological polar surface area (TPSA) is 25.8 Å². The molecule has 10 heavy (non-hydrogen) atoms. The Hall–Kier alpha value is 0.260. The Labute approximate surface area is 73.9 Å². The van der Waals surface area contributed by atoms with Crippen LogP contribution in [0.5, 0.6) is 0 Å². The van der Waals surface area contributed by atoms with Gasteiger partial charge in [-0.15, -0.1) is 22.8 Å². The first-order valence-electron chi connectivity index (χ1n) is 2.87. The van der Waals surface area contributed by atoms with Gasteiger partial charge in [-0.3, -0.25) is 0 Å². The van der Waals surface area contributed by atoms with Crippen LogP contribution in [0.25, 0.3) is 0 Å². The number of hydrogen-bond donors (Lipinski definition) is 1. The molecule has 1 aromatic rings. The van der Waals surface area contributed by atoms with Gasteiger partial charge in [0.1, 0.15) is 0 Å². The number of aromatic nitrogens is 2. The van der Waals surface area contributed by atoms with Crippen LogP contribution in [0.3, 0.4) is 0 Å². The van der Waals surface area contributed by atoms with Gasteiger partial charge >= 0.3 is 0 Å². The van der Waals surface area contributed by atoms with Gasteiger partial charge in [0.15, 0.2) is 8.68 Å². The van der Waals surface area contributed by atoms with Gasteiger partial charge in [-0.25, -0.2) is 0 Å². The molecular weight excluding hydrogens is 184 g/mol. The Morgan fingerprint density at radius 1 is 1.50 bits per heavy atom. The molecule has 0 spiro atoms. The van der Waals surface area contributed by atoms with Crippen molar-refractivity contribution in [3.63, 3.8) is 0 Å². The second kappa shape index (κ2) is 3.59. The van der Waals surface area contributed by atoms with E-state index in [0.717, 1.165) is 8.68 Å². The Morgan fingerprint density at radius 3 is 2.60 bits per heavy atom. The molecule has 0 saturated carbocycles. The molecule has 0 bridgehead atoms.